The zero-order valence-corrected chi connectivity index (χ0v) is 8.69. The number of nitrogens with one attached hydrogen (secondary N) is 1. The lowest BCUT2D eigenvalue weighted by atomic mass is 10.3. The van der Waals surface area contributed by atoms with Crippen LogP contribution in [0.3, 0.4) is 0 Å². The van der Waals surface area contributed by atoms with Gasteiger partial charge in [0.25, 0.3) is 5.56 Å². The van der Waals surface area contributed by atoms with Crippen LogP contribution in [-0.4, -0.2) is 9.97 Å². The van der Waals surface area contributed by atoms with Gasteiger partial charge in [-0.15, -0.1) is 0 Å². The number of para-hydroxylation sites is 1. The van der Waals surface area contributed by atoms with Gasteiger partial charge in [0, 0.05) is 4.47 Å². The second kappa shape index (κ2) is 3.12. The standard InChI is InChI=1S/C8H4BrClN2O/c9-4-2-1-3-5-6(4)12-7(10)8(13)11-5/h1-3H,(H,11,13). The summed E-state index contributed by atoms with van der Waals surface area (Å²) in [7, 11) is 0. The molecule has 2 aromatic rings. The zero-order valence-electron chi connectivity index (χ0n) is 6.34. The van der Waals surface area contributed by atoms with Crippen LogP contribution in [0.2, 0.25) is 5.15 Å². The fourth-order valence-corrected chi connectivity index (χ4v) is 1.64. The predicted molar refractivity (Wildman–Crippen MR) is 55.1 cm³/mol. The largest absolute Gasteiger partial charge is 0.318 e. The molecule has 1 N–H and O–H groups in total. The zero-order chi connectivity index (χ0) is 9.42. The molecule has 0 radical (unpaired) electrons. The van der Waals surface area contributed by atoms with Gasteiger partial charge in [-0.1, -0.05) is 17.7 Å². The highest BCUT2D eigenvalue weighted by atomic mass is 79.9. The van der Waals surface area contributed by atoms with Crippen molar-refractivity contribution < 1.29 is 0 Å². The van der Waals surface area contributed by atoms with E-state index in [0.29, 0.717) is 11.0 Å². The summed E-state index contributed by atoms with van der Waals surface area (Å²) in [6, 6.07) is 5.42. The van der Waals surface area contributed by atoms with Gasteiger partial charge in [-0.05, 0) is 28.1 Å². The molecule has 0 aliphatic rings. The number of aromatic amines is 1. The van der Waals surface area contributed by atoms with Crippen LogP contribution in [0.1, 0.15) is 0 Å². The van der Waals surface area contributed by atoms with Crippen molar-refractivity contribution in [3.05, 3.63) is 38.2 Å². The second-order valence-electron chi connectivity index (χ2n) is 2.49. The first kappa shape index (κ1) is 8.72. The summed E-state index contributed by atoms with van der Waals surface area (Å²) in [6.07, 6.45) is 0. The van der Waals surface area contributed by atoms with Crippen molar-refractivity contribution >= 4 is 38.6 Å². The first-order chi connectivity index (χ1) is 6.18. The molecule has 3 nitrogen and oxygen atoms in total. The minimum atomic E-state index is -0.368. The maximum atomic E-state index is 11.1. The number of H-pyrrole nitrogens is 1. The summed E-state index contributed by atoms with van der Waals surface area (Å²) < 4.78 is 0.808. The minimum Gasteiger partial charge on any atom is -0.318 e. The fraction of sp³-hybridized carbons (Fsp3) is 0. The first-order valence-electron chi connectivity index (χ1n) is 3.52. The van der Waals surface area contributed by atoms with E-state index in [1.807, 2.05) is 12.1 Å². The van der Waals surface area contributed by atoms with Crippen molar-refractivity contribution in [1.82, 2.24) is 9.97 Å². The Hall–Kier alpha value is -0.870. The van der Waals surface area contributed by atoms with Crippen molar-refractivity contribution in [3.8, 4) is 0 Å². The van der Waals surface area contributed by atoms with Crippen LogP contribution in [0.15, 0.2) is 27.5 Å². The topological polar surface area (TPSA) is 45.8 Å². The molecule has 1 aromatic carbocycles. The lowest BCUT2D eigenvalue weighted by Crippen LogP contribution is -2.08. The summed E-state index contributed by atoms with van der Waals surface area (Å²) >= 11 is 8.90. The molecule has 1 heterocycles. The third-order valence-electron chi connectivity index (χ3n) is 1.63. The Kier molecular flexibility index (Phi) is 2.09. The molecule has 66 valence electrons. The maximum Gasteiger partial charge on any atom is 0.286 e. The number of hydrogen-bond donors (Lipinski definition) is 1. The van der Waals surface area contributed by atoms with Gasteiger partial charge in [-0.3, -0.25) is 4.79 Å². The third-order valence-corrected chi connectivity index (χ3v) is 2.53. The van der Waals surface area contributed by atoms with Crippen LogP contribution in [0.4, 0.5) is 0 Å². The highest BCUT2D eigenvalue weighted by Gasteiger charge is 2.03. The maximum absolute atomic E-state index is 11.1. The fourth-order valence-electron chi connectivity index (χ4n) is 1.05. The molecule has 0 aliphatic heterocycles. The number of halogens is 2. The van der Waals surface area contributed by atoms with Crippen molar-refractivity contribution in [2.75, 3.05) is 0 Å². The molecule has 0 fully saturated rings. The molecular weight excluding hydrogens is 255 g/mol. The van der Waals surface area contributed by atoms with E-state index >= 15 is 0 Å². The summed E-state index contributed by atoms with van der Waals surface area (Å²) in [6.45, 7) is 0. The molecule has 0 saturated heterocycles. The van der Waals surface area contributed by atoms with Gasteiger partial charge in [-0.25, -0.2) is 4.98 Å². The smallest absolute Gasteiger partial charge is 0.286 e. The van der Waals surface area contributed by atoms with Gasteiger partial charge in [-0.2, -0.15) is 0 Å². The van der Waals surface area contributed by atoms with Gasteiger partial charge in [0.15, 0.2) is 5.15 Å². The van der Waals surface area contributed by atoms with Gasteiger partial charge in [0.2, 0.25) is 0 Å². The molecule has 0 saturated carbocycles. The molecule has 13 heavy (non-hydrogen) atoms. The van der Waals surface area contributed by atoms with E-state index in [-0.39, 0.29) is 10.7 Å². The third kappa shape index (κ3) is 1.47. The monoisotopic (exact) mass is 258 g/mol. The Morgan fingerprint density at radius 3 is 3.00 bits per heavy atom. The van der Waals surface area contributed by atoms with Crippen molar-refractivity contribution in [2.24, 2.45) is 0 Å². The average molecular weight is 259 g/mol. The normalized spacial score (nSPS) is 10.6. The number of hydrogen-bond acceptors (Lipinski definition) is 2. The molecule has 0 unspecified atom stereocenters. The van der Waals surface area contributed by atoms with Gasteiger partial charge in [0.1, 0.15) is 5.52 Å². The van der Waals surface area contributed by atoms with Gasteiger partial charge < -0.3 is 4.98 Å². The van der Waals surface area contributed by atoms with Crippen LogP contribution in [0.25, 0.3) is 11.0 Å². The summed E-state index contributed by atoms with van der Waals surface area (Å²) in [5.74, 6) is 0. The molecule has 0 spiro atoms. The Bertz CT molecular complexity index is 523. The molecule has 0 amide bonds. The van der Waals surface area contributed by atoms with Crippen molar-refractivity contribution in [3.63, 3.8) is 0 Å². The molecule has 0 bridgehead atoms. The van der Waals surface area contributed by atoms with Crippen LogP contribution < -0.4 is 5.56 Å². The van der Waals surface area contributed by atoms with Crippen molar-refractivity contribution in [1.29, 1.82) is 0 Å². The van der Waals surface area contributed by atoms with Crippen LogP contribution in [0.5, 0.6) is 0 Å². The average Bonchev–Trinajstić information content (AvgIpc) is 2.09. The van der Waals surface area contributed by atoms with E-state index in [2.05, 4.69) is 25.9 Å². The van der Waals surface area contributed by atoms with E-state index in [1.165, 1.54) is 0 Å². The number of fused-ring (bicyclic) bond motifs is 1. The Morgan fingerprint density at radius 1 is 1.46 bits per heavy atom. The van der Waals surface area contributed by atoms with E-state index in [0.717, 1.165) is 4.47 Å². The molecule has 0 atom stereocenters. The number of rotatable bonds is 0. The lowest BCUT2D eigenvalue weighted by Gasteiger charge is -1.98. The summed E-state index contributed by atoms with van der Waals surface area (Å²) in [5.41, 5.74) is 0.961. The van der Waals surface area contributed by atoms with E-state index in [1.54, 1.807) is 6.07 Å². The summed E-state index contributed by atoms with van der Waals surface area (Å²) in [5, 5.41) is -0.0422. The molecular formula is C8H4BrClN2O. The van der Waals surface area contributed by atoms with Crippen LogP contribution in [0, 0.1) is 0 Å². The minimum absolute atomic E-state index is 0.0422. The van der Waals surface area contributed by atoms with Gasteiger partial charge >= 0.3 is 0 Å². The predicted octanol–water partition coefficient (Wildman–Crippen LogP) is 2.34. The number of nitrogens with zero attached hydrogens (tertiary/aromatic N) is 1. The van der Waals surface area contributed by atoms with E-state index < -0.39 is 0 Å². The SMILES string of the molecule is O=c1[nH]c2cccc(Br)c2nc1Cl. The van der Waals surface area contributed by atoms with Gasteiger partial charge in [0.05, 0.1) is 5.52 Å². The van der Waals surface area contributed by atoms with Crippen molar-refractivity contribution in [2.45, 2.75) is 0 Å². The lowest BCUT2D eigenvalue weighted by molar-refractivity contribution is 1.21. The number of aromatic nitrogens is 2. The quantitative estimate of drug-likeness (QED) is 0.789. The van der Waals surface area contributed by atoms with Crippen LogP contribution >= 0.6 is 27.5 Å². The highest BCUT2D eigenvalue weighted by molar-refractivity contribution is 9.10. The Labute approximate surface area is 86.9 Å². The Balaban J connectivity index is 2.97. The molecule has 2 rings (SSSR count). The second-order valence-corrected chi connectivity index (χ2v) is 3.71. The Morgan fingerprint density at radius 2 is 2.23 bits per heavy atom. The molecule has 5 heteroatoms. The first-order valence-corrected chi connectivity index (χ1v) is 4.69. The molecule has 0 aliphatic carbocycles. The number of benzene rings is 1. The summed E-state index contributed by atoms with van der Waals surface area (Å²) in [4.78, 5) is 17.6. The van der Waals surface area contributed by atoms with Crippen LogP contribution in [-0.2, 0) is 0 Å². The van der Waals surface area contributed by atoms with E-state index in [4.69, 9.17) is 11.6 Å². The molecule has 1 aromatic heterocycles. The van der Waals surface area contributed by atoms with E-state index in [9.17, 15) is 4.79 Å². The highest BCUT2D eigenvalue weighted by Crippen LogP contribution is 2.19.